The Morgan fingerprint density at radius 1 is 0.800 bits per heavy atom. The minimum Gasteiger partial charge on any atom is -0.246 e. The van der Waals surface area contributed by atoms with Crippen molar-refractivity contribution in [3.63, 3.8) is 0 Å². The fourth-order valence-electron chi connectivity index (χ4n) is 0.833. The Morgan fingerprint density at radius 2 is 1.20 bits per heavy atom. The average Bonchev–Trinajstić information content (AvgIpc) is 2.21. The van der Waals surface area contributed by atoms with Gasteiger partial charge in [-0.05, 0) is 0 Å². The number of halogens is 8. The molecule has 0 N–H and O–H groups in total. The normalized spacial score (nSPS) is 31.2. The predicted octanol–water partition coefficient (Wildman–Crippen LogP) is 5.66. The van der Waals surface area contributed by atoms with Gasteiger partial charge in [-0.15, -0.1) is 0 Å². The van der Waals surface area contributed by atoms with Gasteiger partial charge in [-0.3, -0.25) is 0 Å². The van der Waals surface area contributed by atoms with Gasteiger partial charge in [0.2, 0.25) is 9.39 Å². The summed E-state index contributed by atoms with van der Waals surface area (Å²) < 4.78 is 2.48. The predicted molar refractivity (Wildman–Crippen MR) is 67.4 cm³/mol. The Kier molecular flexibility index (Phi) is 4.74. The highest BCUT2D eigenvalue weighted by Crippen LogP contribution is 2.59. The van der Waals surface area contributed by atoms with Crippen LogP contribution in [-0.2, 0) is 4.29 Å². The first-order valence-corrected chi connectivity index (χ1v) is 6.14. The second-order valence-corrected chi connectivity index (χ2v) is 6.03. The minimum atomic E-state index is -1.99. The summed E-state index contributed by atoms with van der Waals surface area (Å²) in [4.78, 5) is 0. The lowest BCUT2D eigenvalue weighted by Crippen LogP contribution is -2.45. The fourth-order valence-corrected chi connectivity index (χ4v) is 3.14. The molecule has 1 nitrogen and oxygen atoms in total. The van der Waals surface area contributed by atoms with Gasteiger partial charge < -0.3 is 0 Å². The Balaban J connectivity index is 3.50. The highest BCUT2D eigenvalue weighted by Gasteiger charge is 2.59. The minimum absolute atomic E-state index is 0.113. The third-order valence-corrected chi connectivity index (χ3v) is 5.87. The summed E-state index contributed by atoms with van der Waals surface area (Å²) in [5.41, 5.74) is 0. The summed E-state index contributed by atoms with van der Waals surface area (Å²) in [6, 6.07) is 0. The maximum absolute atomic E-state index is 5.89. The summed E-state index contributed by atoms with van der Waals surface area (Å²) in [6.07, 6.45) is 0. The zero-order valence-electron chi connectivity index (χ0n) is 6.43. The van der Waals surface area contributed by atoms with Crippen LogP contribution in [-0.4, -0.2) is 9.39 Å². The van der Waals surface area contributed by atoms with E-state index < -0.39 is 9.39 Å². The van der Waals surface area contributed by atoms with E-state index >= 15 is 0 Å². The Morgan fingerprint density at radius 3 is 1.60 bits per heavy atom. The quantitative estimate of drug-likeness (QED) is 0.541. The van der Waals surface area contributed by atoms with Crippen LogP contribution in [0.25, 0.3) is 0 Å². The van der Waals surface area contributed by atoms with Gasteiger partial charge in [0.05, 0.1) is 32.0 Å². The van der Waals surface area contributed by atoms with E-state index in [4.69, 9.17) is 93.1 Å². The molecule has 0 aromatic rings. The van der Waals surface area contributed by atoms with Crippen LogP contribution in [0.3, 0.4) is 0 Å². The lowest BCUT2D eigenvalue weighted by atomic mass is 10.1. The van der Waals surface area contributed by atoms with Crippen LogP contribution in [0, 0.1) is 0 Å². The second kappa shape index (κ2) is 4.79. The summed E-state index contributed by atoms with van der Waals surface area (Å²) in [5.74, 6) is 0. The topological polar surface area (TPSA) is 9.23 Å². The first-order valence-electron chi connectivity index (χ1n) is 3.18. The van der Waals surface area contributed by atoms with Gasteiger partial charge in [0.1, 0.15) is 0 Å². The molecule has 0 spiro atoms. The van der Waals surface area contributed by atoms with Gasteiger partial charge in [0.15, 0.2) is 0 Å². The molecule has 1 rings (SSSR count). The molecule has 0 saturated carbocycles. The van der Waals surface area contributed by atoms with Gasteiger partial charge in [-0.1, -0.05) is 81.2 Å². The van der Waals surface area contributed by atoms with Crippen LogP contribution in [0.2, 0.25) is 0 Å². The molecule has 0 heterocycles. The van der Waals surface area contributed by atoms with Crippen molar-refractivity contribution in [1.29, 1.82) is 0 Å². The lowest BCUT2D eigenvalue weighted by Gasteiger charge is -2.38. The molecule has 86 valence electrons. The van der Waals surface area contributed by atoms with E-state index in [1.165, 1.54) is 0 Å². The van der Waals surface area contributed by atoms with E-state index in [0.29, 0.717) is 0 Å². The van der Waals surface area contributed by atoms with E-state index in [1.54, 1.807) is 0 Å². The largest absolute Gasteiger partial charge is 0.246 e. The number of hydrogen-bond donors (Lipinski definition) is 0. The molecule has 1 unspecified atom stereocenters. The third kappa shape index (κ3) is 2.09. The molecule has 0 radical (unpaired) electrons. The molecule has 0 aliphatic heterocycles. The van der Waals surface area contributed by atoms with Crippen LogP contribution < -0.4 is 0 Å². The number of allylic oxidation sites excluding steroid dienone is 2. The number of alkyl halides is 3. The maximum atomic E-state index is 5.89. The Hall–Kier alpha value is 1.76. The van der Waals surface area contributed by atoms with Gasteiger partial charge >= 0.3 is 0 Å². The lowest BCUT2D eigenvalue weighted by molar-refractivity contribution is 0.216. The van der Waals surface area contributed by atoms with E-state index in [-0.39, 0.29) is 20.1 Å². The average molecular weight is 372 g/mol. The van der Waals surface area contributed by atoms with Crippen molar-refractivity contribution < 1.29 is 4.29 Å². The molecule has 0 aromatic heterocycles. The van der Waals surface area contributed by atoms with Crippen LogP contribution in [0.15, 0.2) is 20.1 Å². The van der Waals surface area contributed by atoms with Crippen molar-refractivity contribution in [3.05, 3.63) is 20.1 Å². The van der Waals surface area contributed by atoms with Crippen molar-refractivity contribution in [2.75, 3.05) is 0 Å². The summed E-state index contributed by atoms with van der Waals surface area (Å²) in [5, 5.41) is -2.71. The molecule has 1 aliphatic rings. The SMILES string of the molecule is ClOC1(Cl)C(Cl)=C(Cl)C(Cl)=C(Cl)C1(Cl)Cl. The van der Waals surface area contributed by atoms with Gasteiger partial charge in [0, 0.05) is 0 Å². The molecule has 0 fully saturated rings. The maximum Gasteiger partial charge on any atom is 0.237 e. The van der Waals surface area contributed by atoms with Crippen LogP contribution >= 0.6 is 93.1 Å². The third-order valence-electron chi connectivity index (χ3n) is 1.65. The monoisotopic (exact) mass is 368 g/mol. The van der Waals surface area contributed by atoms with Crippen LogP contribution in [0.5, 0.6) is 0 Å². The molecule has 9 heteroatoms. The van der Waals surface area contributed by atoms with Crippen molar-refractivity contribution >= 4 is 93.1 Å². The summed E-state index contributed by atoms with van der Waals surface area (Å²) in [6.45, 7) is 0. The van der Waals surface area contributed by atoms with E-state index in [2.05, 4.69) is 4.29 Å². The smallest absolute Gasteiger partial charge is 0.237 e. The van der Waals surface area contributed by atoms with Crippen molar-refractivity contribution in [1.82, 2.24) is 0 Å². The second-order valence-electron chi connectivity index (χ2n) is 2.50. The number of rotatable bonds is 1. The van der Waals surface area contributed by atoms with Crippen molar-refractivity contribution in [3.8, 4) is 0 Å². The van der Waals surface area contributed by atoms with Gasteiger partial charge in [-0.25, -0.2) is 4.29 Å². The Labute approximate surface area is 126 Å². The first-order chi connectivity index (χ1) is 6.70. The van der Waals surface area contributed by atoms with Crippen LogP contribution in [0.1, 0.15) is 0 Å². The molecule has 0 aromatic carbocycles. The molecule has 0 amide bonds. The van der Waals surface area contributed by atoms with Gasteiger partial charge in [0.25, 0.3) is 0 Å². The standard InChI is InChI=1S/C6Cl8O/c7-1-2(8)4(10)6(13,15-14)5(11,12)3(1)9. The van der Waals surface area contributed by atoms with Gasteiger partial charge in [-0.2, -0.15) is 0 Å². The summed E-state index contributed by atoms with van der Waals surface area (Å²) >= 11 is 45.8. The highest BCUT2D eigenvalue weighted by molar-refractivity contribution is 6.65. The molecular formula is C6Cl8O. The molecular weight excluding hydrogens is 372 g/mol. The Bertz CT molecular complexity index is 358. The first kappa shape index (κ1) is 14.8. The van der Waals surface area contributed by atoms with Crippen LogP contribution in [0.4, 0.5) is 0 Å². The van der Waals surface area contributed by atoms with Crippen molar-refractivity contribution in [2.45, 2.75) is 9.39 Å². The molecule has 0 saturated heterocycles. The van der Waals surface area contributed by atoms with Crippen molar-refractivity contribution in [2.24, 2.45) is 0 Å². The zero-order valence-corrected chi connectivity index (χ0v) is 12.5. The molecule has 15 heavy (non-hydrogen) atoms. The van der Waals surface area contributed by atoms with E-state index in [9.17, 15) is 0 Å². The zero-order chi connectivity index (χ0) is 12.0. The fraction of sp³-hybridized carbons (Fsp3) is 0.333. The molecule has 0 bridgehead atoms. The highest BCUT2D eigenvalue weighted by atomic mass is 35.5. The summed E-state index contributed by atoms with van der Waals surface area (Å²) in [7, 11) is 0. The molecule has 1 aliphatic carbocycles. The van der Waals surface area contributed by atoms with E-state index in [0.717, 1.165) is 0 Å². The molecule has 1 atom stereocenters. The van der Waals surface area contributed by atoms with E-state index in [1.807, 2.05) is 0 Å². The number of hydrogen-bond acceptors (Lipinski definition) is 1.